The number of nitrogens with zero attached hydrogens (tertiary/aromatic N) is 3. The first-order valence-corrected chi connectivity index (χ1v) is 16.2. The molecule has 0 bridgehead atoms. The van der Waals surface area contributed by atoms with E-state index in [4.69, 9.17) is 30.6 Å². The molecule has 10 rings (SSSR count). The maximum Gasteiger partial charge on any atom is 0.164 e. The summed E-state index contributed by atoms with van der Waals surface area (Å²) in [5.41, 5.74) is 7.73. The molecule has 0 unspecified atom stereocenters. The van der Waals surface area contributed by atoms with Gasteiger partial charge in [-0.25, -0.2) is 15.0 Å². The van der Waals surface area contributed by atoms with Crippen molar-refractivity contribution in [3.05, 3.63) is 164 Å². The van der Waals surface area contributed by atoms with Gasteiger partial charge in [0, 0.05) is 43.8 Å². The molecule has 5 nitrogen and oxygen atoms in total. The molecule has 10 aromatic rings. The predicted molar refractivity (Wildman–Crippen MR) is 202 cm³/mol. The number of para-hydroxylation sites is 2. The van der Waals surface area contributed by atoms with E-state index in [-0.39, 0.29) is 17.6 Å². The smallest absolute Gasteiger partial charge is 0.164 e. The van der Waals surface area contributed by atoms with Gasteiger partial charge >= 0.3 is 0 Å². The molecular formula is C45H27N3O2. The minimum absolute atomic E-state index is 0.108. The van der Waals surface area contributed by atoms with E-state index in [0.29, 0.717) is 34.2 Å². The first-order chi connectivity index (χ1) is 26.8. The average molecular weight is 647 g/mol. The molecule has 0 aliphatic carbocycles. The second kappa shape index (κ2) is 11.4. The van der Waals surface area contributed by atoms with Gasteiger partial charge in [0.05, 0.1) is 6.85 Å². The van der Waals surface area contributed by atoms with Gasteiger partial charge in [0.2, 0.25) is 0 Å². The highest BCUT2D eigenvalue weighted by atomic mass is 16.3. The summed E-state index contributed by atoms with van der Waals surface area (Å²) in [5.74, 6) is 1.26. The van der Waals surface area contributed by atoms with Crippen molar-refractivity contribution in [2.24, 2.45) is 0 Å². The van der Waals surface area contributed by atoms with Gasteiger partial charge in [-0.2, -0.15) is 0 Å². The third kappa shape index (κ3) is 4.67. The van der Waals surface area contributed by atoms with Crippen LogP contribution in [-0.2, 0) is 0 Å². The van der Waals surface area contributed by atoms with E-state index in [2.05, 4.69) is 30.3 Å². The van der Waals surface area contributed by atoms with E-state index in [0.717, 1.165) is 60.5 Å². The molecule has 234 valence electrons. The molecule has 0 spiro atoms. The molecule has 0 aliphatic rings. The van der Waals surface area contributed by atoms with Crippen molar-refractivity contribution in [2.45, 2.75) is 0 Å². The van der Waals surface area contributed by atoms with Crippen LogP contribution in [0.3, 0.4) is 0 Å². The molecular weight excluding hydrogens is 615 g/mol. The highest BCUT2D eigenvalue weighted by Gasteiger charge is 2.19. The van der Waals surface area contributed by atoms with Gasteiger partial charge in [0.15, 0.2) is 17.5 Å². The summed E-state index contributed by atoms with van der Waals surface area (Å²) in [5, 5.41) is 3.93. The van der Waals surface area contributed by atoms with Crippen LogP contribution in [0.4, 0.5) is 0 Å². The maximum atomic E-state index is 8.56. The molecule has 0 N–H and O–H groups in total. The highest BCUT2D eigenvalue weighted by Crippen LogP contribution is 2.42. The molecule has 3 aromatic heterocycles. The monoisotopic (exact) mass is 646 g/mol. The molecule has 0 atom stereocenters. The second-order valence-corrected chi connectivity index (χ2v) is 12.0. The first kappa shape index (κ1) is 23.5. The fraction of sp³-hybridized carbons (Fsp3) is 0. The number of hydrogen-bond acceptors (Lipinski definition) is 5. The average Bonchev–Trinajstić information content (AvgIpc) is 3.81. The molecule has 3 heterocycles. The number of fused-ring (bicyclic) bond motifs is 6. The van der Waals surface area contributed by atoms with Gasteiger partial charge in [-0.15, -0.1) is 0 Å². The van der Waals surface area contributed by atoms with Crippen LogP contribution < -0.4 is 0 Å². The number of furan rings is 2. The van der Waals surface area contributed by atoms with Crippen molar-refractivity contribution in [3.63, 3.8) is 0 Å². The summed E-state index contributed by atoms with van der Waals surface area (Å²) in [6, 6.07) is 41.1. The Morgan fingerprint density at radius 1 is 0.400 bits per heavy atom. The van der Waals surface area contributed by atoms with Crippen molar-refractivity contribution in [3.8, 4) is 56.4 Å². The molecule has 0 radical (unpaired) electrons. The zero-order valence-corrected chi connectivity index (χ0v) is 26.4. The Balaban J connectivity index is 1.16. The minimum Gasteiger partial charge on any atom is -0.456 e. The van der Waals surface area contributed by atoms with E-state index in [9.17, 15) is 0 Å². The Kier molecular flexibility index (Phi) is 5.35. The van der Waals surface area contributed by atoms with Gasteiger partial charge in [-0.1, -0.05) is 127 Å². The van der Waals surface area contributed by atoms with Crippen molar-refractivity contribution in [1.82, 2.24) is 15.0 Å². The quantitative estimate of drug-likeness (QED) is 0.186. The maximum absolute atomic E-state index is 8.56. The van der Waals surface area contributed by atoms with Crippen molar-refractivity contribution in [1.29, 1.82) is 0 Å². The lowest BCUT2D eigenvalue weighted by atomic mass is 9.97. The van der Waals surface area contributed by atoms with Crippen LogP contribution in [0, 0.1) is 0 Å². The molecule has 5 heteroatoms. The van der Waals surface area contributed by atoms with Gasteiger partial charge in [0.25, 0.3) is 0 Å². The largest absolute Gasteiger partial charge is 0.456 e. The third-order valence-corrected chi connectivity index (χ3v) is 9.02. The van der Waals surface area contributed by atoms with Gasteiger partial charge in [-0.05, 0) is 53.1 Å². The van der Waals surface area contributed by atoms with E-state index in [1.165, 1.54) is 0 Å². The lowest BCUT2D eigenvalue weighted by Crippen LogP contribution is -2.00. The van der Waals surface area contributed by atoms with Crippen LogP contribution in [0.25, 0.3) is 100 Å². The molecule has 0 fully saturated rings. The van der Waals surface area contributed by atoms with E-state index in [1.54, 1.807) is 18.2 Å². The van der Waals surface area contributed by atoms with Crippen LogP contribution in [-0.4, -0.2) is 15.0 Å². The Morgan fingerprint density at radius 3 is 1.88 bits per heavy atom. The number of benzene rings is 7. The fourth-order valence-corrected chi connectivity index (χ4v) is 6.71. The molecule has 7 aromatic carbocycles. The molecule has 0 aliphatic heterocycles. The minimum atomic E-state index is -0.439. The van der Waals surface area contributed by atoms with Gasteiger partial charge in [-0.3, -0.25) is 0 Å². The summed E-state index contributed by atoms with van der Waals surface area (Å²) in [7, 11) is 0. The van der Waals surface area contributed by atoms with Crippen LogP contribution in [0.2, 0.25) is 0 Å². The standard InChI is InChI=1S/C45H27N3O2/c1-3-12-28(13-4-1)30-16-9-17-31(26-30)44-46-43(29-14-5-2-6-15-29)47-45(48-44)32-24-25-39-37(27-32)41-34(19-11-23-40(41)49-39)36-21-10-20-35-33-18-7-8-22-38(33)50-42(35)36/h1-27H/i1D,3D,4D,12D,13D. The van der Waals surface area contributed by atoms with Gasteiger partial charge < -0.3 is 8.83 Å². The number of aromatic nitrogens is 3. The lowest BCUT2D eigenvalue weighted by molar-refractivity contribution is 0.668. The second-order valence-electron chi connectivity index (χ2n) is 12.0. The summed E-state index contributed by atoms with van der Waals surface area (Å²) in [6.45, 7) is 0. The summed E-state index contributed by atoms with van der Waals surface area (Å²) in [6.07, 6.45) is 0. The van der Waals surface area contributed by atoms with Crippen LogP contribution >= 0.6 is 0 Å². The Hall–Kier alpha value is -6.85. The topological polar surface area (TPSA) is 65.0 Å². The van der Waals surface area contributed by atoms with Gasteiger partial charge in [0.1, 0.15) is 22.3 Å². The summed E-state index contributed by atoms with van der Waals surface area (Å²) < 4.78 is 54.4. The van der Waals surface area contributed by atoms with E-state index < -0.39 is 18.1 Å². The fourth-order valence-electron chi connectivity index (χ4n) is 6.71. The molecule has 0 amide bonds. The van der Waals surface area contributed by atoms with Crippen molar-refractivity contribution >= 4 is 43.9 Å². The number of hydrogen-bond donors (Lipinski definition) is 0. The van der Waals surface area contributed by atoms with E-state index >= 15 is 0 Å². The summed E-state index contributed by atoms with van der Waals surface area (Å²) in [4.78, 5) is 14.8. The molecule has 50 heavy (non-hydrogen) atoms. The van der Waals surface area contributed by atoms with Crippen LogP contribution in [0.5, 0.6) is 0 Å². The van der Waals surface area contributed by atoms with Crippen molar-refractivity contribution in [2.75, 3.05) is 0 Å². The normalized spacial score (nSPS) is 13.0. The Labute approximate surface area is 294 Å². The number of rotatable bonds is 5. The SMILES string of the molecule is [2H]c1c([2H])c([2H])c(-c2cccc(-c3nc(-c4ccccc4)nc(-c4ccc5oc6cccc(-c7cccc8c7oc7ccccc78)c6c5c4)n3)c2)c([2H])c1[2H]. The van der Waals surface area contributed by atoms with Crippen LogP contribution in [0.1, 0.15) is 6.85 Å². The van der Waals surface area contributed by atoms with Crippen LogP contribution in [0.15, 0.2) is 173 Å². The zero-order chi connectivity index (χ0) is 37.4. The summed E-state index contributed by atoms with van der Waals surface area (Å²) >= 11 is 0. The van der Waals surface area contributed by atoms with Crippen molar-refractivity contribution < 1.29 is 15.7 Å². The predicted octanol–water partition coefficient (Wildman–Crippen LogP) is 12.0. The molecule has 0 saturated carbocycles. The first-order valence-electron chi connectivity index (χ1n) is 18.7. The highest BCUT2D eigenvalue weighted by molar-refractivity contribution is 6.17. The third-order valence-electron chi connectivity index (χ3n) is 9.02. The van der Waals surface area contributed by atoms with E-state index in [1.807, 2.05) is 84.9 Å². The lowest BCUT2D eigenvalue weighted by Gasteiger charge is -2.10. The Morgan fingerprint density at radius 2 is 1.02 bits per heavy atom. The zero-order valence-electron chi connectivity index (χ0n) is 31.4. The molecule has 0 saturated heterocycles. The Bertz CT molecular complexity index is 3150.